The molecule has 12 heavy (non-hydrogen) atoms. The lowest BCUT2D eigenvalue weighted by Gasteiger charge is -1.90. The standard InChI is InChI=1S/C10H12OSi/c11-12-9-5-4-8-10-6-2-1-3-7-10/h1-4,6-8,11H,5,9H2. The molecule has 1 nitrogen and oxygen atoms in total. The number of rotatable bonds is 4. The normalized spacial score (nSPS) is 10.8. The van der Waals surface area contributed by atoms with Gasteiger partial charge in [0.1, 0.15) is 0 Å². The second-order valence-electron chi connectivity index (χ2n) is 2.51. The first-order chi connectivity index (χ1) is 5.93. The summed E-state index contributed by atoms with van der Waals surface area (Å²) in [5.74, 6) is 0. The molecule has 0 heterocycles. The quantitative estimate of drug-likeness (QED) is 0.550. The Hall–Kier alpha value is -0.863. The number of hydrogen-bond donors (Lipinski definition) is 1. The Morgan fingerprint density at radius 2 is 2.00 bits per heavy atom. The van der Waals surface area contributed by atoms with Gasteiger partial charge in [0.05, 0.1) is 0 Å². The molecule has 0 saturated carbocycles. The van der Waals surface area contributed by atoms with Gasteiger partial charge in [0.25, 0.3) is 0 Å². The lowest BCUT2D eigenvalue weighted by atomic mass is 10.2. The third-order valence-corrected chi connectivity index (χ3v) is 2.04. The van der Waals surface area contributed by atoms with Crippen LogP contribution in [0.2, 0.25) is 6.04 Å². The topological polar surface area (TPSA) is 20.2 Å². The molecule has 2 radical (unpaired) electrons. The van der Waals surface area contributed by atoms with Crippen LogP contribution in [0.4, 0.5) is 0 Å². The van der Waals surface area contributed by atoms with Crippen LogP contribution in [-0.2, 0) is 0 Å². The number of allylic oxidation sites excluding steroid dienone is 1. The summed E-state index contributed by atoms with van der Waals surface area (Å²) in [5.41, 5.74) is 1.22. The van der Waals surface area contributed by atoms with Gasteiger partial charge in [0.2, 0.25) is 9.76 Å². The third-order valence-electron chi connectivity index (χ3n) is 1.53. The average Bonchev–Trinajstić information content (AvgIpc) is 2.14. The van der Waals surface area contributed by atoms with Crippen LogP contribution in [0.3, 0.4) is 0 Å². The minimum Gasteiger partial charge on any atom is -0.432 e. The first-order valence-electron chi connectivity index (χ1n) is 4.02. The molecule has 1 rings (SSSR count). The van der Waals surface area contributed by atoms with Crippen molar-refractivity contribution in [3.05, 3.63) is 42.0 Å². The summed E-state index contributed by atoms with van der Waals surface area (Å²) in [6, 6.07) is 11.1. The van der Waals surface area contributed by atoms with Crippen molar-refractivity contribution in [1.82, 2.24) is 0 Å². The summed E-state index contributed by atoms with van der Waals surface area (Å²) >= 11 is 0. The molecule has 1 N–H and O–H groups in total. The maximum absolute atomic E-state index is 8.56. The molecule has 0 aromatic heterocycles. The SMILES string of the molecule is O[Si]CCC=Cc1ccccc1. The number of benzene rings is 1. The second kappa shape index (κ2) is 5.74. The van der Waals surface area contributed by atoms with Crippen molar-refractivity contribution in [3.63, 3.8) is 0 Å². The van der Waals surface area contributed by atoms with E-state index in [4.69, 9.17) is 4.80 Å². The van der Waals surface area contributed by atoms with Gasteiger partial charge < -0.3 is 4.80 Å². The molecular formula is C10H12OSi. The molecule has 0 unspecified atom stereocenters. The van der Waals surface area contributed by atoms with E-state index in [0.29, 0.717) is 0 Å². The minimum atomic E-state index is 0.0740. The molecule has 0 atom stereocenters. The maximum Gasteiger partial charge on any atom is 0.224 e. The molecule has 1 aromatic rings. The van der Waals surface area contributed by atoms with E-state index in [0.717, 1.165) is 12.5 Å². The molecule has 0 spiro atoms. The molecule has 0 bridgehead atoms. The van der Waals surface area contributed by atoms with Crippen molar-refractivity contribution in [2.45, 2.75) is 12.5 Å². The summed E-state index contributed by atoms with van der Waals surface area (Å²) in [4.78, 5) is 8.56. The third kappa shape index (κ3) is 3.51. The Morgan fingerprint density at radius 1 is 1.25 bits per heavy atom. The zero-order chi connectivity index (χ0) is 8.65. The highest BCUT2D eigenvalue weighted by Crippen LogP contribution is 2.02. The van der Waals surface area contributed by atoms with Crippen LogP contribution < -0.4 is 0 Å². The van der Waals surface area contributed by atoms with E-state index in [1.165, 1.54) is 5.56 Å². The fourth-order valence-corrected chi connectivity index (χ4v) is 1.23. The minimum absolute atomic E-state index is 0.0740. The molecular weight excluding hydrogens is 164 g/mol. The summed E-state index contributed by atoms with van der Waals surface area (Å²) in [5, 5.41) is 0. The van der Waals surface area contributed by atoms with E-state index in [1.807, 2.05) is 18.2 Å². The lowest BCUT2D eigenvalue weighted by Crippen LogP contribution is -1.82. The maximum atomic E-state index is 8.56. The van der Waals surface area contributed by atoms with Crippen LogP contribution in [0.5, 0.6) is 0 Å². The van der Waals surface area contributed by atoms with Crippen LogP contribution in [-0.4, -0.2) is 14.6 Å². The van der Waals surface area contributed by atoms with E-state index in [-0.39, 0.29) is 9.76 Å². The van der Waals surface area contributed by atoms with Crippen LogP contribution >= 0.6 is 0 Å². The smallest absolute Gasteiger partial charge is 0.224 e. The van der Waals surface area contributed by atoms with Crippen molar-refractivity contribution in [2.24, 2.45) is 0 Å². The van der Waals surface area contributed by atoms with Crippen molar-refractivity contribution >= 4 is 15.8 Å². The van der Waals surface area contributed by atoms with Crippen LogP contribution in [0.15, 0.2) is 36.4 Å². The Morgan fingerprint density at radius 3 is 2.67 bits per heavy atom. The van der Waals surface area contributed by atoms with Gasteiger partial charge in [-0.3, -0.25) is 0 Å². The number of hydrogen-bond acceptors (Lipinski definition) is 1. The molecule has 0 aliphatic carbocycles. The van der Waals surface area contributed by atoms with Crippen molar-refractivity contribution in [1.29, 1.82) is 0 Å². The van der Waals surface area contributed by atoms with Gasteiger partial charge in [0.15, 0.2) is 0 Å². The summed E-state index contributed by atoms with van der Waals surface area (Å²) in [6.45, 7) is 0. The fraction of sp³-hybridized carbons (Fsp3) is 0.200. The largest absolute Gasteiger partial charge is 0.432 e. The highest BCUT2D eigenvalue weighted by atomic mass is 28.2. The molecule has 62 valence electrons. The average molecular weight is 176 g/mol. The predicted octanol–water partition coefficient (Wildman–Crippen LogP) is 2.12. The molecule has 0 amide bonds. The Kier molecular flexibility index (Phi) is 4.42. The van der Waals surface area contributed by atoms with Crippen LogP contribution in [0.1, 0.15) is 12.0 Å². The molecule has 2 heteroatoms. The van der Waals surface area contributed by atoms with Gasteiger partial charge in [-0.25, -0.2) is 0 Å². The lowest BCUT2D eigenvalue weighted by molar-refractivity contribution is 0.600. The van der Waals surface area contributed by atoms with E-state index in [9.17, 15) is 0 Å². The summed E-state index contributed by atoms with van der Waals surface area (Å²) in [7, 11) is 0.0740. The first kappa shape index (κ1) is 9.23. The Labute approximate surface area is 75.7 Å². The summed E-state index contributed by atoms with van der Waals surface area (Å²) in [6.07, 6.45) is 5.14. The molecule has 0 saturated heterocycles. The predicted molar refractivity (Wildman–Crippen MR) is 52.9 cm³/mol. The Bertz CT molecular complexity index is 231. The zero-order valence-electron chi connectivity index (χ0n) is 6.90. The van der Waals surface area contributed by atoms with Crippen LogP contribution in [0, 0.1) is 0 Å². The van der Waals surface area contributed by atoms with Gasteiger partial charge >= 0.3 is 0 Å². The van der Waals surface area contributed by atoms with E-state index >= 15 is 0 Å². The highest BCUT2D eigenvalue weighted by Gasteiger charge is 1.83. The van der Waals surface area contributed by atoms with E-state index in [1.54, 1.807) is 0 Å². The first-order valence-corrected chi connectivity index (χ1v) is 5.17. The van der Waals surface area contributed by atoms with Crippen molar-refractivity contribution in [2.75, 3.05) is 0 Å². The van der Waals surface area contributed by atoms with Gasteiger partial charge in [-0.2, -0.15) is 0 Å². The van der Waals surface area contributed by atoms with Crippen LogP contribution in [0.25, 0.3) is 6.08 Å². The molecule has 0 aliphatic heterocycles. The molecule has 1 aromatic carbocycles. The second-order valence-corrected chi connectivity index (χ2v) is 3.33. The fourth-order valence-electron chi connectivity index (χ4n) is 0.931. The van der Waals surface area contributed by atoms with Gasteiger partial charge in [-0.1, -0.05) is 42.5 Å². The summed E-state index contributed by atoms with van der Waals surface area (Å²) < 4.78 is 0. The molecule has 0 fully saturated rings. The van der Waals surface area contributed by atoms with Crippen molar-refractivity contribution in [3.8, 4) is 0 Å². The van der Waals surface area contributed by atoms with E-state index < -0.39 is 0 Å². The monoisotopic (exact) mass is 176 g/mol. The highest BCUT2D eigenvalue weighted by molar-refractivity contribution is 6.25. The Balaban J connectivity index is 2.36. The van der Waals surface area contributed by atoms with Crippen molar-refractivity contribution < 1.29 is 4.80 Å². The van der Waals surface area contributed by atoms with Gasteiger partial charge in [0, 0.05) is 0 Å². The van der Waals surface area contributed by atoms with Gasteiger partial charge in [-0.05, 0) is 18.0 Å². The van der Waals surface area contributed by atoms with Gasteiger partial charge in [-0.15, -0.1) is 0 Å². The molecule has 0 aliphatic rings. The van der Waals surface area contributed by atoms with E-state index in [2.05, 4.69) is 24.3 Å². The zero-order valence-corrected chi connectivity index (χ0v) is 7.90.